The van der Waals surface area contributed by atoms with Gasteiger partial charge in [0.2, 0.25) is 0 Å². The van der Waals surface area contributed by atoms with Gasteiger partial charge in [-0.05, 0) is 31.2 Å². The van der Waals surface area contributed by atoms with Crippen LogP contribution < -0.4 is 14.8 Å². The van der Waals surface area contributed by atoms with Crippen LogP contribution in [-0.4, -0.2) is 41.5 Å². The van der Waals surface area contributed by atoms with Crippen LogP contribution in [0.25, 0.3) is 0 Å². The monoisotopic (exact) mass is 361 g/mol. The highest BCUT2D eigenvalue weighted by Gasteiger charge is 2.44. The molecule has 2 atom stereocenters. The van der Waals surface area contributed by atoms with Crippen molar-refractivity contribution in [1.29, 1.82) is 0 Å². The van der Waals surface area contributed by atoms with Gasteiger partial charge in [0.05, 0.1) is 13.2 Å². The number of carboxylic acids is 1. The van der Waals surface area contributed by atoms with Gasteiger partial charge >= 0.3 is 11.9 Å². The van der Waals surface area contributed by atoms with Gasteiger partial charge in [-0.25, -0.2) is 10.1 Å². The second kappa shape index (κ2) is 9.76. The van der Waals surface area contributed by atoms with E-state index in [2.05, 4.69) is 5.32 Å². The Morgan fingerprint density at radius 1 is 1.08 bits per heavy atom. The third kappa shape index (κ3) is 5.73. The molecule has 0 heterocycles. The quantitative estimate of drug-likeness (QED) is 0.528. The van der Waals surface area contributed by atoms with Crippen molar-refractivity contribution in [2.75, 3.05) is 13.2 Å². The van der Waals surface area contributed by atoms with Crippen molar-refractivity contribution < 1.29 is 29.2 Å². The maximum atomic E-state index is 11.8. The first-order valence-corrected chi connectivity index (χ1v) is 8.31. The van der Waals surface area contributed by atoms with E-state index in [0.717, 1.165) is 0 Å². The van der Waals surface area contributed by atoms with Crippen LogP contribution in [0.4, 0.5) is 0 Å². The van der Waals surface area contributed by atoms with E-state index in [0.29, 0.717) is 11.5 Å². The Morgan fingerprint density at radius 3 is 2.19 bits per heavy atom. The minimum absolute atomic E-state index is 0.0688. The lowest BCUT2D eigenvalue weighted by atomic mass is 10.3. The van der Waals surface area contributed by atoms with Crippen molar-refractivity contribution in [3.05, 3.63) is 60.7 Å². The normalized spacial score (nSPS) is 14.2. The van der Waals surface area contributed by atoms with E-state index >= 15 is 0 Å². The fourth-order valence-electron chi connectivity index (χ4n) is 2.22. The van der Waals surface area contributed by atoms with Crippen molar-refractivity contribution in [2.24, 2.45) is 0 Å². The number of aliphatic hydroxyl groups excluding tert-OH is 1. The average Bonchev–Trinajstić information content (AvgIpc) is 2.63. The fraction of sp³-hybridized carbons (Fsp3) is 0.316. The average molecular weight is 361 g/mol. The van der Waals surface area contributed by atoms with Crippen molar-refractivity contribution >= 4 is 5.97 Å². The second-order valence-electron chi connectivity index (χ2n) is 5.38. The molecule has 0 aromatic heterocycles. The number of hydrogen-bond donors (Lipinski definition) is 3. The molecular weight excluding hydrogens is 338 g/mol. The van der Waals surface area contributed by atoms with Gasteiger partial charge in [0, 0.05) is 6.42 Å². The molecule has 0 fully saturated rings. The van der Waals surface area contributed by atoms with Gasteiger partial charge in [0.25, 0.3) is 0 Å². The van der Waals surface area contributed by atoms with Crippen molar-refractivity contribution in [3.8, 4) is 11.5 Å². The zero-order valence-electron chi connectivity index (χ0n) is 14.5. The Morgan fingerprint density at radius 2 is 1.65 bits per heavy atom. The largest absolute Gasteiger partial charge is 0.493 e. The van der Waals surface area contributed by atoms with E-state index in [-0.39, 0.29) is 19.6 Å². The molecule has 0 radical (unpaired) electrons. The predicted octanol–water partition coefficient (Wildman–Crippen LogP) is 2.22. The number of carboxylic acid groups (broad SMARTS) is 1. The molecule has 2 unspecified atom stereocenters. The van der Waals surface area contributed by atoms with Crippen LogP contribution >= 0.6 is 0 Å². The highest BCUT2D eigenvalue weighted by atomic mass is 16.7. The van der Waals surface area contributed by atoms with E-state index < -0.39 is 18.1 Å². The molecule has 7 heteroatoms. The van der Waals surface area contributed by atoms with Gasteiger partial charge in [-0.2, -0.15) is 0 Å². The maximum Gasteiger partial charge on any atom is 0.395 e. The summed E-state index contributed by atoms with van der Waals surface area (Å²) in [4.78, 5) is 11.8. The Labute approximate surface area is 152 Å². The first-order valence-electron chi connectivity index (χ1n) is 8.31. The SMILES string of the molecule is CCOC(NC(O)CCOc1ccccc1)(Oc1ccccc1)C(=O)O. The van der Waals surface area contributed by atoms with Gasteiger partial charge in [0.1, 0.15) is 17.7 Å². The number of carbonyl (C=O) groups is 1. The zero-order valence-corrected chi connectivity index (χ0v) is 14.5. The van der Waals surface area contributed by atoms with Crippen LogP contribution in [0.2, 0.25) is 0 Å². The summed E-state index contributed by atoms with van der Waals surface area (Å²) in [6.45, 7) is 1.89. The summed E-state index contributed by atoms with van der Waals surface area (Å²) in [5.74, 6) is -2.65. The molecular formula is C19H23NO6. The van der Waals surface area contributed by atoms with Crippen LogP contribution in [0.3, 0.4) is 0 Å². The summed E-state index contributed by atoms with van der Waals surface area (Å²) in [5, 5.41) is 22.3. The summed E-state index contributed by atoms with van der Waals surface area (Å²) in [6, 6.07) is 17.5. The number of ether oxygens (including phenoxy) is 3. The first-order chi connectivity index (χ1) is 12.6. The first kappa shape index (κ1) is 19.7. The van der Waals surface area contributed by atoms with E-state index in [1.54, 1.807) is 49.4 Å². The van der Waals surface area contributed by atoms with Crippen molar-refractivity contribution in [3.63, 3.8) is 0 Å². The topological polar surface area (TPSA) is 97.3 Å². The molecule has 7 nitrogen and oxygen atoms in total. The lowest BCUT2D eigenvalue weighted by Crippen LogP contribution is -2.62. The van der Waals surface area contributed by atoms with E-state index in [9.17, 15) is 15.0 Å². The molecule has 2 aromatic carbocycles. The van der Waals surface area contributed by atoms with Crippen molar-refractivity contribution in [2.45, 2.75) is 25.5 Å². The molecule has 26 heavy (non-hydrogen) atoms. The number of aliphatic carboxylic acids is 1. The van der Waals surface area contributed by atoms with Gasteiger partial charge in [-0.15, -0.1) is 0 Å². The summed E-state index contributed by atoms with van der Waals surface area (Å²) < 4.78 is 16.3. The molecule has 140 valence electrons. The smallest absolute Gasteiger partial charge is 0.395 e. The van der Waals surface area contributed by atoms with Gasteiger partial charge in [0.15, 0.2) is 0 Å². The number of para-hydroxylation sites is 2. The van der Waals surface area contributed by atoms with Gasteiger partial charge in [-0.1, -0.05) is 36.4 Å². The Hall–Kier alpha value is -2.61. The highest BCUT2D eigenvalue weighted by Crippen LogP contribution is 2.19. The molecule has 3 N–H and O–H groups in total. The summed E-state index contributed by atoms with van der Waals surface area (Å²) in [5.41, 5.74) is 0. The van der Waals surface area contributed by atoms with Crippen LogP contribution in [0, 0.1) is 0 Å². The number of hydrogen-bond acceptors (Lipinski definition) is 6. The third-order valence-electron chi connectivity index (χ3n) is 3.39. The second-order valence-corrected chi connectivity index (χ2v) is 5.38. The molecule has 0 spiro atoms. The Bertz CT molecular complexity index is 666. The third-order valence-corrected chi connectivity index (χ3v) is 3.39. The molecule has 0 bridgehead atoms. The van der Waals surface area contributed by atoms with E-state index in [1.165, 1.54) is 0 Å². The van der Waals surface area contributed by atoms with Crippen molar-refractivity contribution in [1.82, 2.24) is 5.32 Å². The van der Waals surface area contributed by atoms with E-state index in [4.69, 9.17) is 14.2 Å². The molecule has 0 saturated heterocycles. The molecule has 0 aliphatic heterocycles. The minimum Gasteiger partial charge on any atom is -0.493 e. The predicted molar refractivity (Wildman–Crippen MR) is 94.8 cm³/mol. The number of aliphatic hydroxyl groups is 1. The number of nitrogens with one attached hydrogen (secondary N) is 1. The molecule has 0 aliphatic rings. The summed E-state index contributed by atoms with van der Waals surface area (Å²) >= 11 is 0. The molecule has 2 rings (SSSR count). The fourth-order valence-corrected chi connectivity index (χ4v) is 2.22. The van der Waals surface area contributed by atoms with Gasteiger partial charge in [-0.3, -0.25) is 0 Å². The number of benzene rings is 2. The Kier molecular flexibility index (Phi) is 7.40. The summed E-state index contributed by atoms with van der Waals surface area (Å²) in [6.07, 6.45) is -1.08. The molecule has 0 aliphatic carbocycles. The van der Waals surface area contributed by atoms with Crippen LogP contribution in [-0.2, 0) is 9.53 Å². The van der Waals surface area contributed by atoms with Crippen LogP contribution in [0.5, 0.6) is 11.5 Å². The molecule has 2 aromatic rings. The van der Waals surface area contributed by atoms with E-state index in [1.807, 2.05) is 18.2 Å². The van der Waals surface area contributed by atoms with Crippen LogP contribution in [0.1, 0.15) is 13.3 Å². The minimum atomic E-state index is -2.21. The number of rotatable bonds is 11. The molecule has 0 saturated carbocycles. The summed E-state index contributed by atoms with van der Waals surface area (Å²) in [7, 11) is 0. The molecule has 0 amide bonds. The maximum absolute atomic E-state index is 11.8. The lowest BCUT2D eigenvalue weighted by Gasteiger charge is -2.32. The Balaban J connectivity index is 1.99. The van der Waals surface area contributed by atoms with Gasteiger partial charge < -0.3 is 24.4 Å². The zero-order chi connectivity index (χ0) is 18.8. The lowest BCUT2D eigenvalue weighted by molar-refractivity contribution is -0.234. The highest BCUT2D eigenvalue weighted by molar-refractivity contribution is 5.75. The standard InChI is InChI=1S/C19H23NO6/c1-2-25-19(18(22)23,26-16-11-7-4-8-12-16)20-17(21)13-14-24-15-9-5-3-6-10-15/h3-12,17,20-21H,2,13-14H2,1H3,(H,22,23). The van der Waals surface area contributed by atoms with Crippen LogP contribution in [0.15, 0.2) is 60.7 Å².